The highest BCUT2D eigenvalue weighted by Crippen LogP contribution is 1.94. The number of rotatable bonds is 5. The Kier molecular flexibility index (Phi) is 6.79. The van der Waals surface area contributed by atoms with Gasteiger partial charge in [0.05, 0.1) is 0 Å². The maximum atomic E-state index is 10.7. The minimum absolute atomic E-state index is 0.117. The van der Waals surface area contributed by atoms with Gasteiger partial charge in [0, 0.05) is 13.5 Å². The first kappa shape index (κ1) is 10.2. The molecule has 0 atom stereocenters. The summed E-state index contributed by atoms with van der Waals surface area (Å²) in [4.78, 5) is 10.7. The van der Waals surface area contributed by atoms with Gasteiger partial charge in [0.25, 0.3) is 0 Å². The molecule has 0 aromatic heterocycles. The predicted molar refractivity (Wildman–Crippen MR) is 47.3 cm³/mol. The number of carbonyl (C=O) groups is 1. The van der Waals surface area contributed by atoms with Crippen molar-refractivity contribution in [1.82, 2.24) is 5.32 Å². The number of hydrogen-bond donors (Lipinski definition) is 1. The molecule has 64 valence electrons. The molecule has 0 heterocycles. The molecule has 0 aromatic carbocycles. The van der Waals surface area contributed by atoms with Crippen molar-refractivity contribution in [2.24, 2.45) is 0 Å². The van der Waals surface area contributed by atoms with E-state index in [9.17, 15) is 4.79 Å². The van der Waals surface area contributed by atoms with E-state index < -0.39 is 0 Å². The largest absolute Gasteiger partial charge is 0.359 e. The highest BCUT2D eigenvalue weighted by atomic mass is 16.1. The zero-order chi connectivity index (χ0) is 8.53. The van der Waals surface area contributed by atoms with Gasteiger partial charge in [-0.3, -0.25) is 4.79 Å². The smallest absolute Gasteiger partial charge is 0.220 e. The van der Waals surface area contributed by atoms with Crippen LogP contribution in [-0.4, -0.2) is 13.0 Å². The van der Waals surface area contributed by atoms with Crippen molar-refractivity contribution in [2.45, 2.75) is 32.6 Å². The summed E-state index contributed by atoms with van der Waals surface area (Å²) in [5, 5.41) is 2.58. The van der Waals surface area contributed by atoms with Gasteiger partial charge in [-0.15, -0.1) is 0 Å². The third-order valence-corrected chi connectivity index (χ3v) is 1.44. The van der Waals surface area contributed by atoms with Crippen molar-refractivity contribution in [1.29, 1.82) is 0 Å². The van der Waals surface area contributed by atoms with Crippen LogP contribution in [0.4, 0.5) is 0 Å². The zero-order valence-electron chi connectivity index (χ0n) is 7.39. The van der Waals surface area contributed by atoms with Crippen LogP contribution >= 0.6 is 0 Å². The summed E-state index contributed by atoms with van der Waals surface area (Å²) in [6.45, 7) is 2.14. The summed E-state index contributed by atoms with van der Waals surface area (Å²) in [7, 11) is 1.66. The molecule has 0 unspecified atom stereocenters. The molecule has 0 fully saturated rings. The summed E-state index contributed by atoms with van der Waals surface area (Å²) in [6, 6.07) is 0. The Morgan fingerprint density at radius 2 is 2.00 bits per heavy atom. The molecule has 0 aliphatic carbocycles. The monoisotopic (exact) mass is 155 g/mol. The van der Waals surface area contributed by atoms with Gasteiger partial charge in [-0.1, -0.05) is 25.5 Å². The third kappa shape index (κ3) is 7.10. The molecule has 0 aliphatic heterocycles. The minimum atomic E-state index is 0.117. The van der Waals surface area contributed by atoms with Crippen LogP contribution in [0.5, 0.6) is 0 Å². The second-order valence-corrected chi connectivity index (χ2v) is 2.47. The average molecular weight is 155 g/mol. The lowest BCUT2D eigenvalue weighted by atomic mass is 10.2. The second kappa shape index (κ2) is 7.32. The molecule has 2 nitrogen and oxygen atoms in total. The molecule has 0 aromatic rings. The molecule has 0 bridgehead atoms. The van der Waals surface area contributed by atoms with E-state index in [1.54, 1.807) is 7.05 Å². The number of hydrogen-bond acceptors (Lipinski definition) is 1. The van der Waals surface area contributed by atoms with Crippen LogP contribution in [0.3, 0.4) is 0 Å². The summed E-state index contributed by atoms with van der Waals surface area (Å²) in [6.07, 6.45) is 7.96. The zero-order valence-corrected chi connectivity index (χ0v) is 7.39. The van der Waals surface area contributed by atoms with Gasteiger partial charge in [0.2, 0.25) is 5.91 Å². The molecule has 11 heavy (non-hydrogen) atoms. The predicted octanol–water partition coefficient (Wildman–Crippen LogP) is 1.87. The first-order valence-corrected chi connectivity index (χ1v) is 4.16. The van der Waals surface area contributed by atoms with Gasteiger partial charge in [0.15, 0.2) is 0 Å². The lowest BCUT2D eigenvalue weighted by Gasteiger charge is -1.93. The van der Waals surface area contributed by atoms with Crippen LogP contribution in [0.1, 0.15) is 32.6 Å². The number of nitrogens with one attached hydrogen (secondary N) is 1. The van der Waals surface area contributed by atoms with E-state index in [0.717, 1.165) is 12.8 Å². The summed E-state index contributed by atoms with van der Waals surface area (Å²) in [5.41, 5.74) is 0. The maximum absolute atomic E-state index is 10.7. The fourth-order valence-electron chi connectivity index (χ4n) is 0.742. The van der Waals surface area contributed by atoms with Crippen molar-refractivity contribution in [2.75, 3.05) is 7.05 Å². The van der Waals surface area contributed by atoms with E-state index in [1.807, 2.05) is 0 Å². The lowest BCUT2D eigenvalue weighted by molar-refractivity contribution is -0.120. The quantitative estimate of drug-likeness (QED) is 0.603. The van der Waals surface area contributed by atoms with Crippen LogP contribution in [0.25, 0.3) is 0 Å². The second-order valence-electron chi connectivity index (χ2n) is 2.47. The molecule has 0 aliphatic rings. The highest BCUT2D eigenvalue weighted by molar-refractivity contribution is 5.75. The molecule has 0 spiro atoms. The Hall–Kier alpha value is -0.790. The standard InChI is InChI=1S/C9H17NO/c1-3-4-5-6-7-8-9(11)10-2/h5-6H,3-4,7-8H2,1-2H3,(H,10,11)/b6-5+. The summed E-state index contributed by atoms with van der Waals surface area (Å²) >= 11 is 0. The van der Waals surface area contributed by atoms with E-state index in [2.05, 4.69) is 24.4 Å². The molecule has 0 saturated heterocycles. The van der Waals surface area contributed by atoms with E-state index in [0.29, 0.717) is 6.42 Å². The number of carbonyl (C=O) groups excluding carboxylic acids is 1. The topological polar surface area (TPSA) is 29.1 Å². The van der Waals surface area contributed by atoms with Crippen molar-refractivity contribution < 1.29 is 4.79 Å². The van der Waals surface area contributed by atoms with Gasteiger partial charge < -0.3 is 5.32 Å². The van der Waals surface area contributed by atoms with Gasteiger partial charge in [-0.25, -0.2) is 0 Å². The van der Waals surface area contributed by atoms with Crippen LogP contribution in [0, 0.1) is 0 Å². The van der Waals surface area contributed by atoms with Crippen molar-refractivity contribution in [3.63, 3.8) is 0 Å². The van der Waals surface area contributed by atoms with E-state index >= 15 is 0 Å². The molecule has 0 rings (SSSR count). The lowest BCUT2D eigenvalue weighted by Crippen LogP contribution is -2.16. The van der Waals surface area contributed by atoms with Gasteiger partial charge in [-0.05, 0) is 12.8 Å². The normalized spacial score (nSPS) is 10.4. The van der Waals surface area contributed by atoms with Crippen LogP contribution < -0.4 is 5.32 Å². The third-order valence-electron chi connectivity index (χ3n) is 1.44. The average Bonchev–Trinajstić information content (AvgIpc) is 2.04. The van der Waals surface area contributed by atoms with Gasteiger partial charge in [-0.2, -0.15) is 0 Å². The van der Waals surface area contributed by atoms with Crippen LogP contribution in [0.15, 0.2) is 12.2 Å². The Bertz CT molecular complexity index is 130. The van der Waals surface area contributed by atoms with E-state index in [1.165, 1.54) is 6.42 Å². The van der Waals surface area contributed by atoms with E-state index in [-0.39, 0.29) is 5.91 Å². The van der Waals surface area contributed by atoms with E-state index in [4.69, 9.17) is 0 Å². The highest BCUT2D eigenvalue weighted by Gasteiger charge is 1.92. The molecule has 0 saturated carbocycles. The van der Waals surface area contributed by atoms with Crippen molar-refractivity contribution >= 4 is 5.91 Å². The van der Waals surface area contributed by atoms with Crippen molar-refractivity contribution in [3.8, 4) is 0 Å². The maximum Gasteiger partial charge on any atom is 0.220 e. The SMILES string of the molecule is CCC/C=C/CCC(=O)NC. The van der Waals surface area contributed by atoms with Crippen LogP contribution in [-0.2, 0) is 4.79 Å². The Morgan fingerprint density at radius 3 is 2.55 bits per heavy atom. The first-order valence-electron chi connectivity index (χ1n) is 4.16. The van der Waals surface area contributed by atoms with Gasteiger partial charge >= 0.3 is 0 Å². The number of allylic oxidation sites excluding steroid dienone is 2. The Morgan fingerprint density at radius 1 is 1.36 bits per heavy atom. The number of amides is 1. The Labute approximate surface area is 68.7 Å². The molecule has 0 radical (unpaired) electrons. The molecule has 2 heteroatoms. The molecule has 1 N–H and O–H groups in total. The summed E-state index contributed by atoms with van der Waals surface area (Å²) in [5.74, 6) is 0.117. The molecular weight excluding hydrogens is 138 g/mol. The molecule has 1 amide bonds. The summed E-state index contributed by atoms with van der Waals surface area (Å²) < 4.78 is 0. The van der Waals surface area contributed by atoms with Crippen LogP contribution in [0.2, 0.25) is 0 Å². The van der Waals surface area contributed by atoms with Crippen molar-refractivity contribution in [3.05, 3.63) is 12.2 Å². The molecular formula is C9H17NO. The first-order chi connectivity index (χ1) is 5.31. The number of unbranched alkanes of at least 4 members (excludes halogenated alkanes) is 1. The van der Waals surface area contributed by atoms with Gasteiger partial charge in [0.1, 0.15) is 0 Å². The Balaban J connectivity index is 3.19. The minimum Gasteiger partial charge on any atom is -0.359 e. The fraction of sp³-hybridized carbons (Fsp3) is 0.667. The fourth-order valence-corrected chi connectivity index (χ4v) is 0.742.